The quantitative estimate of drug-likeness (QED) is 0.581. The minimum Gasteiger partial charge on any atom is -0.494 e. The molecule has 9 nitrogen and oxygen atoms in total. The lowest BCUT2D eigenvalue weighted by molar-refractivity contribution is -0.122. The third kappa shape index (κ3) is 4.90. The largest absolute Gasteiger partial charge is 0.494 e. The van der Waals surface area contributed by atoms with E-state index < -0.39 is 20.9 Å². The third-order valence-electron chi connectivity index (χ3n) is 6.72. The van der Waals surface area contributed by atoms with Gasteiger partial charge < -0.3 is 15.4 Å². The monoisotopic (exact) mass is 510 g/mol. The van der Waals surface area contributed by atoms with Crippen molar-refractivity contribution in [3.05, 3.63) is 71.5 Å². The number of allylic oxidation sites excluding steroid dienone is 3. The molecule has 36 heavy (non-hydrogen) atoms. The number of nitrogens with one attached hydrogen (secondary N) is 2. The molecule has 1 aromatic heterocycles. The number of methoxy groups -OCH3 is 1. The van der Waals surface area contributed by atoms with E-state index in [2.05, 4.69) is 20.6 Å². The van der Waals surface area contributed by atoms with Crippen molar-refractivity contribution in [2.75, 3.05) is 12.9 Å². The molecule has 1 aliphatic carbocycles. The Hall–Kier alpha value is -3.53. The molecule has 0 spiro atoms. The van der Waals surface area contributed by atoms with Crippen LogP contribution in [0.5, 0.6) is 5.75 Å². The molecule has 2 unspecified atom stereocenters. The van der Waals surface area contributed by atoms with Gasteiger partial charge in [0.2, 0.25) is 5.91 Å². The molecule has 2 atom stereocenters. The van der Waals surface area contributed by atoms with Gasteiger partial charge in [0.05, 0.1) is 42.0 Å². The van der Waals surface area contributed by atoms with Crippen LogP contribution in [0.15, 0.2) is 65.0 Å². The van der Waals surface area contributed by atoms with Gasteiger partial charge >= 0.3 is 0 Å². The van der Waals surface area contributed by atoms with Gasteiger partial charge in [-0.2, -0.15) is 0 Å². The van der Waals surface area contributed by atoms with E-state index in [1.54, 1.807) is 43.6 Å². The molecular weight excluding hydrogens is 480 g/mol. The Balaban J connectivity index is 1.44. The zero-order valence-corrected chi connectivity index (χ0v) is 21.6. The summed E-state index contributed by atoms with van der Waals surface area (Å²) in [6.07, 6.45) is 7.84. The van der Waals surface area contributed by atoms with Crippen LogP contribution in [0.1, 0.15) is 45.0 Å². The number of benzene rings is 1. The molecule has 2 aliphatic rings. The number of Topliss-reactive ketones (excluding diaryl/α,β-unsaturated/α-hetero) is 1. The number of nitrogens with zero attached hydrogens (tertiary/aromatic N) is 2. The fraction of sp³-hybridized carbons (Fsp3) is 0.385. The minimum absolute atomic E-state index is 0.0236. The number of aromatic nitrogens is 2. The third-order valence-corrected chi connectivity index (χ3v) is 8.47. The highest BCUT2D eigenvalue weighted by atomic mass is 32.2. The summed E-state index contributed by atoms with van der Waals surface area (Å²) in [4.78, 5) is 35.2. The van der Waals surface area contributed by atoms with Gasteiger partial charge in [0, 0.05) is 11.3 Å². The van der Waals surface area contributed by atoms with Crippen molar-refractivity contribution in [3.8, 4) is 5.75 Å². The SMILES string of the molecule is CCS(=O)(=O)c1ccc(CC(=O)NC2(C)C=CC3=C(CCC(C)(c4ncc(OC)cn4)C3=O)N2)cc1. The van der Waals surface area contributed by atoms with Gasteiger partial charge in [0.15, 0.2) is 21.4 Å². The lowest BCUT2D eigenvalue weighted by Crippen LogP contribution is -2.57. The van der Waals surface area contributed by atoms with Crippen molar-refractivity contribution in [1.29, 1.82) is 0 Å². The van der Waals surface area contributed by atoms with Gasteiger partial charge in [0.1, 0.15) is 11.5 Å². The summed E-state index contributed by atoms with van der Waals surface area (Å²) in [5.74, 6) is 0.693. The summed E-state index contributed by atoms with van der Waals surface area (Å²) in [5, 5.41) is 6.30. The highest BCUT2D eigenvalue weighted by Gasteiger charge is 2.45. The fourth-order valence-electron chi connectivity index (χ4n) is 4.46. The maximum atomic E-state index is 13.4. The zero-order chi connectivity index (χ0) is 26.1. The second kappa shape index (κ2) is 9.50. The van der Waals surface area contributed by atoms with E-state index in [9.17, 15) is 18.0 Å². The van der Waals surface area contributed by atoms with Crippen molar-refractivity contribution in [3.63, 3.8) is 0 Å². The first-order valence-corrected chi connectivity index (χ1v) is 13.4. The number of carbonyl (C=O) groups is 2. The molecule has 2 heterocycles. The smallest absolute Gasteiger partial charge is 0.226 e. The second-order valence-corrected chi connectivity index (χ2v) is 11.7. The molecule has 0 radical (unpaired) electrons. The summed E-state index contributed by atoms with van der Waals surface area (Å²) in [6, 6.07) is 6.35. The molecule has 0 saturated heterocycles. The average Bonchev–Trinajstić information content (AvgIpc) is 2.86. The Morgan fingerprint density at radius 1 is 1.17 bits per heavy atom. The van der Waals surface area contributed by atoms with E-state index in [1.807, 2.05) is 13.8 Å². The molecule has 1 aromatic carbocycles. The van der Waals surface area contributed by atoms with E-state index in [-0.39, 0.29) is 28.8 Å². The highest BCUT2D eigenvalue weighted by molar-refractivity contribution is 7.91. The number of sulfone groups is 1. The molecule has 0 bridgehead atoms. The average molecular weight is 511 g/mol. The van der Waals surface area contributed by atoms with E-state index in [0.717, 1.165) is 5.70 Å². The molecule has 1 amide bonds. The summed E-state index contributed by atoms with van der Waals surface area (Å²) < 4.78 is 29.1. The van der Waals surface area contributed by atoms with Crippen molar-refractivity contribution in [2.24, 2.45) is 0 Å². The molecule has 0 saturated carbocycles. The van der Waals surface area contributed by atoms with E-state index in [0.29, 0.717) is 35.6 Å². The van der Waals surface area contributed by atoms with Gasteiger partial charge in [-0.1, -0.05) is 19.1 Å². The van der Waals surface area contributed by atoms with Gasteiger partial charge in [-0.05, 0) is 56.5 Å². The predicted molar refractivity (Wildman–Crippen MR) is 134 cm³/mol. The molecule has 2 aromatic rings. The highest BCUT2D eigenvalue weighted by Crippen LogP contribution is 2.39. The lowest BCUT2D eigenvalue weighted by Gasteiger charge is -2.40. The summed E-state index contributed by atoms with van der Waals surface area (Å²) >= 11 is 0. The van der Waals surface area contributed by atoms with Crippen LogP contribution in [-0.2, 0) is 31.3 Å². The first kappa shape index (κ1) is 25.6. The van der Waals surface area contributed by atoms with Gasteiger partial charge in [-0.15, -0.1) is 0 Å². The van der Waals surface area contributed by atoms with Crippen LogP contribution >= 0.6 is 0 Å². The maximum Gasteiger partial charge on any atom is 0.226 e. The van der Waals surface area contributed by atoms with Gasteiger partial charge in [-0.25, -0.2) is 18.4 Å². The van der Waals surface area contributed by atoms with Crippen LogP contribution in [0.4, 0.5) is 0 Å². The predicted octanol–water partition coefficient (Wildman–Crippen LogP) is 2.39. The molecule has 0 fully saturated rings. The molecule has 190 valence electrons. The van der Waals surface area contributed by atoms with Crippen LogP contribution < -0.4 is 15.4 Å². The Morgan fingerprint density at radius 3 is 2.44 bits per heavy atom. The van der Waals surface area contributed by atoms with Crippen molar-refractivity contribution < 1.29 is 22.7 Å². The zero-order valence-electron chi connectivity index (χ0n) is 20.8. The molecule has 1 aliphatic heterocycles. The van der Waals surface area contributed by atoms with Crippen molar-refractivity contribution in [2.45, 2.75) is 56.0 Å². The second-order valence-electron chi connectivity index (χ2n) is 9.43. The fourth-order valence-corrected chi connectivity index (χ4v) is 5.35. The van der Waals surface area contributed by atoms with Crippen LogP contribution in [-0.4, -0.2) is 48.6 Å². The van der Waals surface area contributed by atoms with Gasteiger partial charge in [0.25, 0.3) is 0 Å². The number of ether oxygens (including phenoxy) is 1. The Kier molecular flexibility index (Phi) is 6.74. The number of rotatable bonds is 7. The van der Waals surface area contributed by atoms with Crippen LogP contribution in [0.2, 0.25) is 0 Å². The first-order chi connectivity index (χ1) is 17.0. The molecular formula is C26H30N4O5S. The van der Waals surface area contributed by atoms with E-state index in [4.69, 9.17) is 4.74 Å². The molecule has 2 N–H and O–H groups in total. The summed E-state index contributed by atoms with van der Waals surface area (Å²) in [5.41, 5.74) is 0.305. The van der Waals surface area contributed by atoms with Crippen LogP contribution in [0.3, 0.4) is 0 Å². The lowest BCUT2D eigenvalue weighted by atomic mass is 9.71. The Morgan fingerprint density at radius 2 is 1.83 bits per heavy atom. The topological polar surface area (TPSA) is 127 Å². The number of hydrogen-bond acceptors (Lipinski definition) is 8. The Bertz CT molecular complexity index is 1350. The van der Waals surface area contributed by atoms with E-state index in [1.165, 1.54) is 19.2 Å². The number of carbonyl (C=O) groups excluding carboxylic acids is 2. The minimum atomic E-state index is -3.29. The number of hydrogen-bond donors (Lipinski definition) is 2. The van der Waals surface area contributed by atoms with Crippen LogP contribution in [0.25, 0.3) is 0 Å². The Labute approximate surface area is 211 Å². The van der Waals surface area contributed by atoms with Crippen molar-refractivity contribution >= 4 is 21.5 Å². The standard InChI is InChI=1S/C26H30N4O5S/c1-5-36(33,34)19-8-6-17(7-9-19)14-22(31)30-26(3)13-10-20-21(29-26)11-12-25(2,23(20)32)24-27-15-18(35-4)16-28-24/h6-10,13,15-16,29H,5,11-12,14H2,1-4H3,(H,30,31). The van der Waals surface area contributed by atoms with E-state index >= 15 is 0 Å². The first-order valence-electron chi connectivity index (χ1n) is 11.7. The van der Waals surface area contributed by atoms with Crippen LogP contribution in [0, 0.1) is 0 Å². The molecule has 10 heteroatoms. The number of dihydropyridines is 1. The summed E-state index contributed by atoms with van der Waals surface area (Å²) in [7, 11) is -1.75. The summed E-state index contributed by atoms with van der Waals surface area (Å²) in [6.45, 7) is 5.27. The van der Waals surface area contributed by atoms with Crippen molar-refractivity contribution in [1.82, 2.24) is 20.6 Å². The number of amides is 1. The normalized spacial score (nSPS) is 23.6. The number of ketones is 1. The molecule has 4 rings (SSSR count). The maximum absolute atomic E-state index is 13.4. The van der Waals surface area contributed by atoms with Gasteiger partial charge in [-0.3, -0.25) is 9.59 Å².